The molecule has 12 nitrogen and oxygen atoms in total. The fourth-order valence-electron chi connectivity index (χ4n) is 8.56. The van der Waals surface area contributed by atoms with E-state index in [2.05, 4.69) is 20.5 Å². The summed E-state index contributed by atoms with van der Waals surface area (Å²) in [5, 5.41) is 28.2. The summed E-state index contributed by atoms with van der Waals surface area (Å²) < 4.78 is 12.3. The zero-order chi connectivity index (χ0) is 42.8. The van der Waals surface area contributed by atoms with Crippen LogP contribution in [0.5, 0.6) is 11.5 Å². The number of nitrogens with zero attached hydrogens (tertiary/aromatic N) is 2. The highest BCUT2D eigenvalue weighted by Crippen LogP contribution is 2.31. The molecular weight excluding hydrogens is 783 g/mol. The SMILES string of the molecule is O=C(N[C@@H](c1ccccc1)c1cccc(OCc2ccc(C(=O)N(CCCNC[C@H](O)c3ccc(O)c4[nH]c(=O)ccc34)Cc3ccccc3)cc2)c1)O[C@H]1CN2CCC1CC2. The average molecular weight is 836 g/mol. The molecule has 0 aliphatic carbocycles. The van der Waals surface area contributed by atoms with Gasteiger partial charge in [0.1, 0.15) is 24.2 Å². The second-order valence-corrected chi connectivity index (χ2v) is 16.2. The minimum Gasteiger partial charge on any atom is -0.506 e. The van der Waals surface area contributed by atoms with E-state index in [-0.39, 0.29) is 42.0 Å². The van der Waals surface area contributed by atoms with E-state index >= 15 is 0 Å². The first-order valence-corrected chi connectivity index (χ1v) is 21.4. The molecule has 1 aromatic heterocycles. The number of hydrogen-bond acceptors (Lipinski definition) is 9. The third-order valence-electron chi connectivity index (χ3n) is 11.9. The van der Waals surface area contributed by atoms with Gasteiger partial charge in [-0.25, -0.2) is 4.79 Å². The monoisotopic (exact) mass is 835 g/mol. The van der Waals surface area contributed by atoms with Crippen LogP contribution in [0, 0.1) is 5.92 Å². The average Bonchev–Trinajstić information content (AvgIpc) is 3.31. The quantitative estimate of drug-likeness (QED) is 0.0607. The predicted molar refractivity (Wildman–Crippen MR) is 238 cm³/mol. The van der Waals surface area contributed by atoms with Crippen LogP contribution < -0.4 is 20.9 Å². The number of amides is 2. The molecule has 2 amide bonds. The maximum absolute atomic E-state index is 14.0. The number of carbonyl (C=O) groups excluding carboxylic acids is 2. The van der Waals surface area contributed by atoms with Gasteiger partial charge in [0.2, 0.25) is 5.56 Å². The number of H-pyrrole nitrogens is 1. The molecule has 6 aromatic rings. The lowest BCUT2D eigenvalue weighted by Gasteiger charge is -2.43. The fraction of sp³-hybridized carbons (Fsp3) is 0.300. The molecule has 2 bridgehead atoms. The standard InChI is InChI=1S/C50H53N5O7/c56-43-21-19-41(42-20-22-46(58)52-48(42)43)44(57)30-51-25-8-26-55(31-34-9-3-1-4-10-34)49(59)38-17-15-35(16-18-38)33-61-40-14-7-13-39(29-40)47(37-11-5-2-6-12-37)53-50(60)62-45-32-54-27-23-36(45)24-28-54/h1-7,9-22,29,36,44-45,47,51,56-57H,8,23-28,30-33H2,(H,52,58)(H,53,60)/t44-,45-,47-/m0/s1. The molecule has 9 rings (SSSR count). The van der Waals surface area contributed by atoms with E-state index in [0.29, 0.717) is 54.2 Å². The molecule has 5 N–H and O–H groups in total. The van der Waals surface area contributed by atoms with E-state index in [9.17, 15) is 24.6 Å². The highest BCUT2D eigenvalue weighted by Gasteiger charge is 2.37. The molecule has 4 heterocycles. The van der Waals surface area contributed by atoms with Crippen molar-refractivity contribution >= 4 is 22.9 Å². The normalized spacial score (nSPS) is 17.9. The van der Waals surface area contributed by atoms with Gasteiger partial charge >= 0.3 is 6.09 Å². The Hall–Kier alpha value is -6.47. The van der Waals surface area contributed by atoms with Crippen LogP contribution in [0.4, 0.5) is 4.79 Å². The number of nitrogens with one attached hydrogen (secondary N) is 3. The van der Waals surface area contributed by atoms with Crippen molar-refractivity contribution in [1.82, 2.24) is 25.4 Å². The lowest BCUT2D eigenvalue weighted by molar-refractivity contribution is -0.0336. The van der Waals surface area contributed by atoms with Crippen molar-refractivity contribution in [2.45, 2.75) is 50.7 Å². The number of ether oxygens (including phenoxy) is 2. The van der Waals surface area contributed by atoms with E-state index in [4.69, 9.17) is 9.47 Å². The first-order valence-electron chi connectivity index (χ1n) is 21.4. The number of pyridine rings is 1. The number of aliphatic hydroxyl groups is 1. The van der Waals surface area contributed by atoms with Gasteiger partial charge in [-0.3, -0.25) is 14.5 Å². The van der Waals surface area contributed by atoms with Crippen LogP contribution in [0.25, 0.3) is 10.9 Å². The van der Waals surface area contributed by atoms with E-state index in [0.717, 1.165) is 54.7 Å². The molecule has 3 fully saturated rings. The Labute approximate surface area is 361 Å². The molecule has 3 aliphatic rings. The van der Waals surface area contributed by atoms with Crippen LogP contribution in [-0.4, -0.2) is 82.4 Å². The first-order chi connectivity index (χ1) is 30.3. The van der Waals surface area contributed by atoms with Crippen molar-refractivity contribution in [1.29, 1.82) is 0 Å². The molecule has 320 valence electrons. The van der Waals surface area contributed by atoms with Crippen LogP contribution in [-0.2, 0) is 17.9 Å². The number of fused-ring (bicyclic) bond motifs is 4. The summed E-state index contributed by atoms with van der Waals surface area (Å²) in [4.78, 5) is 45.9. The number of aromatic amines is 1. The Morgan fingerprint density at radius 3 is 2.32 bits per heavy atom. The lowest BCUT2D eigenvalue weighted by Crippen LogP contribution is -2.52. The van der Waals surface area contributed by atoms with Crippen LogP contribution in [0.1, 0.15) is 69.6 Å². The first kappa shape index (κ1) is 42.2. The van der Waals surface area contributed by atoms with Gasteiger partial charge in [0.05, 0.1) is 17.7 Å². The van der Waals surface area contributed by atoms with Gasteiger partial charge in [-0.05, 0) is 109 Å². The van der Waals surface area contributed by atoms with Crippen molar-refractivity contribution in [3.63, 3.8) is 0 Å². The Morgan fingerprint density at radius 2 is 1.58 bits per heavy atom. The minimum absolute atomic E-state index is 0.0591. The van der Waals surface area contributed by atoms with E-state index in [1.807, 2.05) is 114 Å². The maximum atomic E-state index is 14.0. The number of aromatic hydroxyl groups is 1. The highest BCUT2D eigenvalue weighted by molar-refractivity contribution is 5.94. The molecule has 3 atom stereocenters. The molecule has 62 heavy (non-hydrogen) atoms. The topological polar surface area (TPSA) is 156 Å². The summed E-state index contributed by atoms with van der Waals surface area (Å²) in [6.07, 6.45) is 1.37. The van der Waals surface area contributed by atoms with Crippen molar-refractivity contribution in [2.75, 3.05) is 39.3 Å². The Kier molecular flexibility index (Phi) is 13.6. The maximum Gasteiger partial charge on any atom is 0.408 e. The van der Waals surface area contributed by atoms with E-state index in [1.165, 1.54) is 12.1 Å². The van der Waals surface area contributed by atoms with E-state index < -0.39 is 18.2 Å². The molecule has 5 aromatic carbocycles. The number of carbonyl (C=O) groups is 2. The Balaban J connectivity index is 0.869. The van der Waals surface area contributed by atoms with Crippen molar-refractivity contribution < 1.29 is 29.3 Å². The summed E-state index contributed by atoms with van der Waals surface area (Å²) in [5.74, 6) is 0.914. The van der Waals surface area contributed by atoms with Crippen LogP contribution in [0.2, 0.25) is 0 Å². The number of aromatic nitrogens is 1. The summed E-state index contributed by atoms with van der Waals surface area (Å²) in [7, 11) is 0. The van der Waals surface area contributed by atoms with Gasteiger partial charge in [0.25, 0.3) is 5.91 Å². The summed E-state index contributed by atoms with van der Waals surface area (Å²) in [6.45, 7) is 4.95. The van der Waals surface area contributed by atoms with Crippen molar-refractivity contribution in [3.8, 4) is 11.5 Å². The van der Waals surface area contributed by atoms with Crippen molar-refractivity contribution in [2.24, 2.45) is 5.92 Å². The van der Waals surface area contributed by atoms with Gasteiger partial charge in [0, 0.05) is 43.2 Å². The lowest BCUT2D eigenvalue weighted by atomic mass is 9.86. The number of benzene rings is 5. The predicted octanol–water partition coefficient (Wildman–Crippen LogP) is 7.08. The van der Waals surface area contributed by atoms with Gasteiger partial charge < -0.3 is 40.2 Å². The van der Waals surface area contributed by atoms with Gasteiger partial charge in [-0.1, -0.05) is 91.0 Å². The van der Waals surface area contributed by atoms with Gasteiger partial charge in [0.15, 0.2) is 0 Å². The number of piperidine rings is 3. The van der Waals surface area contributed by atoms with E-state index in [1.54, 1.807) is 12.1 Å². The summed E-state index contributed by atoms with van der Waals surface area (Å²) in [5.41, 5.74) is 4.83. The zero-order valence-electron chi connectivity index (χ0n) is 34.6. The number of aliphatic hydroxyl groups excluding tert-OH is 1. The highest BCUT2D eigenvalue weighted by atomic mass is 16.6. The second-order valence-electron chi connectivity index (χ2n) is 16.2. The second kappa shape index (κ2) is 19.9. The number of alkyl carbamates (subject to hydrolysis) is 1. The number of rotatable bonds is 17. The number of phenolic OH excluding ortho intramolecular Hbond substituents is 1. The molecule has 0 spiro atoms. The number of hydrogen-bond donors (Lipinski definition) is 5. The Morgan fingerprint density at radius 1 is 0.839 bits per heavy atom. The Bertz CT molecular complexity index is 2490. The van der Waals surface area contributed by atoms with Gasteiger partial charge in [-0.15, -0.1) is 0 Å². The fourth-order valence-corrected chi connectivity index (χ4v) is 8.56. The molecule has 0 saturated carbocycles. The summed E-state index contributed by atoms with van der Waals surface area (Å²) in [6, 6.07) is 40.6. The van der Waals surface area contributed by atoms with Crippen LogP contribution in [0.3, 0.4) is 0 Å². The molecular formula is C50H53N5O7. The number of phenols is 1. The molecule has 3 aliphatic heterocycles. The van der Waals surface area contributed by atoms with Crippen molar-refractivity contribution in [3.05, 3.63) is 177 Å². The zero-order valence-corrected chi connectivity index (χ0v) is 34.6. The molecule has 0 radical (unpaired) electrons. The van der Waals surface area contributed by atoms with Gasteiger partial charge in [-0.2, -0.15) is 0 Å². The molecule has 0 unspecified atom stereocenters. The van der Waals surface area contributed by atoms with Crippen LogP contribution >= 0.6 is 0 Å². The van der Waals surface area contributed by atoms with Crippen LogP contribution in [0.15, 0.2) is 138 Å². The minimum atomic E-state index is -0.879. The third-order valence-corrected chi connectivity index (χ3v) is 11.9. The summed E-state index contributed by atoms with van der Waals surface area (Å²) >= 11 is 0. The third kappa shape index (κ3) is 10.5. The molecule has 3 saturated heterocycles. The smallest absolute Gasteiger partial charge is 0.408 e. The molecule has 12 heteroatoms. The largest absolute Gasteiger partial charge is 0.506 e.